The lowest BCUT2D eigenvalue weighted by Gasteiger charge is -2.21. The number of imidazole rings is 1. The SMILES string of the molecule is OCC1CCCn2cc(Cc3cccc(Cl)c3)nc21. The highest BCUT2D eigenvalue weighted by Crippen LogP contribution is 2.26. The average molecular weight is 277 g/mol. The van der Waals surface area contributed by atoms with Crippen LogP contribution in [0.25, 0.3) is 0 Å². The van der Waals surface area contributed by atoms with Gasteiger partial charge in [0.2, 0.25) is 0 Å². The van der Waals surface area contributed by atoms with Crippen LogP contribution in [0.3, 0.4) is 0 Å². The Morgan fingerprint density at radius 3 is 3.11 bits per heavy atom. The monoisotopic (exact) mass is 276 g/mol. The maximum atomic E-state index is 9.40. The Bertz CT molecular complexity index is 579. The highest BCUT2D eigenvalue weighted by Gasteiger charge is 2.22. The summed E-state index contributed by atoms with van der Waals surface area (Å²) in [7, 11) is 0. The predicted molar refractivity (Wildman–Crippen MR) is 75.5 cm³/mol. The van der Waals surface area contributed by atoms with Gasteiger partial charge in [0.1, 0.15) is 5.82 Å². The highest BCUT2D eigenvalue weighted by atomic mass is 35.5. The molecule has 3 nitrogen and oxygen atoms in total. The summed E-state index contributed by atoms with van der Waals surface area (Å²) in [6.45, 7) is 1.20. The molecule has 1 aliphatic rings. The Morgan fingerprint density at radius 1 is 1.42 bits per heavy atom. The van der Waals surface area contributed by atoms with Crippen LogP contribution < -0.4 is 0 Å². The lowest BCUT2D eigenvalue weighted by Crippen LogP contribution is -2.18. The van der Waals surface area contributed by atoms with Gasteiger partial charge >= 0.3 is 0 Å². The number of aromatic nitrogens is 2. The van der Waals surface area contributed by atoms with E-state index >= 15 is 0 Å². The summed E-state index contributed by atoms with van der Waals surface area (Å²) in [6.07, 6.45) is 5.05. The van der Waals surface area contributed by atoms with Gasteiger partial charge in [-0.15, -0.1) is 0 Å². The molecular weight excluding hydrogens is 260 g/mol. The van der Waals surface area contributed by atoms with Gasteiger partial charge in [-0.1, -0.05) is 23.7 Å². The van der Waals surface area contributed by atoms with E-state index in [0.717, 1.165) is 42.3 Å². The summed E-state index contributed by atoms with van der Waals surface area (Å²) in [5, 5.41) is 10.2. The van der Waals surface area contributed by atoms with Gasteiger partial charge in [-0.2, -0.15) is 0 Å². The minimum atomic E-state index is 0.188. The van der Waals surface area contributed by atoms with Crippen LogP contribution in [0, 0.1) is 0 Å². The zero-order valence-corrected chi connectivity index (χ0v) is 11.5. The van der Waals surface area contributed by atoms with Gasteiger partial charge in [0.15, 0.2) is 0 Å². The van der Waals surface area contributed by atoms with E-state index in [0.29, 0.717) is 0 Å². The Labute approximate surface area is 117 Å². The topological polar surface area (TPSA) is 38.0 Å². The van der Waals surface area contributed by atoms with E-state index < -0.39 is 0 Å². The second kappa shape index (κ2) is 5.35. The third-order valence-corrected chi connectivity index (χ3v) is 3.90. The molecule has 0 saturated heterocycles. The molecule has 2 aromatic rings. The van der Waals surface area contributed by atoms with Gasteiger partial charge in [0, 0.05) is 30.1 Å². The van der Waals surface area contributed by atoms with Crippen LogP contribution in [-0.4, -0.2) is 21.3 Å². The molecule has 1 unspecified atom stereocenters. The van der Waals surface area contributed by atoms with Gasteiger partial charge in [-0.05, 0) is 30.5 Å². The van der Waals surface area contributed by atoms with Crippen LogP contribution >= 0.6 is 11.6 Å². The number of halogens is 1. The second-order valence-corrected chi connectivity index (χ2v) is 5.55. The van der Waals surface area contributed by atoms with Crippen molar-refractivity contribution in [3.8, 4) is 0 Å². The van der Waals surface area contributed by atoms with Gasteiger partial charge in [0.05, 0.1) is 12.3 Å². The lowest BCUT2D eigenvalue weighted by molar-refractivity contribution is 0.238. The fourth-order valence-corrected chi connectivity index (χ4v) is 2.96. The van der Waals surface area contributed by atoms with E-state index in [9.17, 15) is 5.11 Å². The first-order valence-corrected chi connectivity index (χ1v) is 7.05. The van der Waals surface area contributed by atoms with Crippen molar-refractivity contribution in [2.45, 2.75) is 31.7 Å². The number of aliphatic hydroxyl groups is 1. The molecule has 0 saturated carbocycles. The molecule has 3 rings (SSSR count). The Morgan fingerprint density at radius 2 is 2.32 bits per heavy atom. The number of rotatable bonds is 3. The molecule has 1 atom stereocenters. The quantitative estimate of drug-likeness (QED) is 0.936. The molecule has 2 heterocycles. The van der Waals surface area contributed by atoms with Crippen LogP contribution in [0.15, 0.2) is 30.5 Å². The van der Waals surface area contributed by atoms with Crippen LogP contribution in [0.1, 0.15) is 35.8 Å². The number of hydrogen-bond acceptors (Lipinski definition) is 2. The molecule has 1 aliphatic heterocycles. The average Bonchev–Trinajstić information content (AvgIpc) is 2.80. The summed E-state index contributed by atoms with van der Waals surface area (Å²) >= 11 is 6.00. The summed E-state index contributed by atoms with van der Waals surface area (Å²) in [5.74, 6) is 1.23. The smallest absolute Gasteiger partial charge is 0.114 e. The first-order chi connectivity index (χ1) is 9.26. The molecule has 1 aromatic carbocycles. The van der Waals surface area contributed by atoms with Gasteiger partial charge in [-0.3, -0.25) is 0 Å². The summed E-state index contributed by atoms with van der Waals surface area (Å²) < 4.78 is 2.18. The number of hydrogen-bond donors (Lipinski definition) is 1. The van der Waals surface area contributed by atoms with Crippen molar-refractivity contribution in [2.24, 2.45) is 0 Å². The fraction of sp³-hybridized carbons (Fsp3) is 0.400. The van der Waals surface area contributed by atoms with E-state index in [1.54, 1.807) is 0 Å². The number of nitrogens with zero attached hydrogens (tertiary/aromatic N) is 2. The van der Waals surface area contributed by atoms with Crippen LogP contribution in [0.5, 0.6) is 0 Å². The molecule has 1 N–H and O–H groups in total. The molecule has 0 bridgehead atoms. The Hall–Kier alpha value is -1.32. The van der Waals surface area contributed by atoms with Crippen molar-refractivity contribution in [1.82, 2.24) is 9.55 Å². The molecule has 0 amide bonds. The number of aryl methyl sites for hydroxylation is 1. The summed E-state index contributed by atoms with van der Waals surface area (Å²) in [6, 6.07) is 7.88. The summed E-state index contributed by atoms with van der Waals surface area (Å²) in [4.78, 5) is 4.69. The van der Waals surface area contributed by atoms with Crippen molar-refractivity contribution >= 4 is 11.6 Å². The van der Waals surface area contributed by atoms with E-state index in [1.807, 2.05) is 18.2 Å². The van der Waals surface area contributed by atoms with Gasteiger partial charge in [-0.25, -0.2) is 4.98 Å². The van der Waals surface area contributed by atoms with Crippen molar-refractivity contribution in [1.29, 1.82) is 0 Å². The van der Waals surface area contributed by atoms with Crippen LogP contribution in [-0.2, 0) is 13.0 Å². The molecule has 19 heavy (non-hydrogen) atoms. The van der Waals surface area contributed by atoms with E-state index in [2.05, 4.69) is 21.8 Å². The van der Waals surface area contributed by atoms with Gasteiger partial charge in [0.25, 0.3) is 0 Å². The molecule has 1 aromatic heterocycles. The fourth-order valence-electron chi connectivity index (χ4n) is 2.74. The largest absolute Gasteiger partial charge is 0.396 e. The summed E-state index contributed by atoms with van der Waals surface area (Å²) in [5.41, 5.74) is 2.22. The first kappa shape index (κ1) is 12.7. The number of aliphatic hydroxyl groups excluding tert-OH is 1. The molecule has 0 fully saturated rings. The van der Waals surface area contributed by atoms with Gasteiger partial charge < -0.3 is 9.67 Å². The van der Waals surface area contributed by atoms with Crippen molar-refractivity contribution in [3.63, 3.8) is 0 Å². The van der Waals surface area contributed by atoms with Crippen LogP contribution in [0.4, 0.5) is 0 Å². The Kier molecular flexibility index (Phi) is 3.58. The van der Waals surface area contributed by atoms with E-state index in [-0.39, 0.29) is 12.5 Å². The maximum Gasteiger partial charge on any atom is 0.114 e. The van der Waals surface area contributed by atoms with Crippen molar-refractivity contribution < 1.29 is 5.11 Å². The molecule has 100 valence electrons. The molecule has 0 aliphatic carbocycles. The van der Waals surface area contributed by atoms with E-state index in [4.69, 9.17) is 11.6 Å². The molecule has 0 radical (unpaired) electrons. The van der Waals surface area contributed by atoms with Crippen molar-refractivity contribution in [2.75, 3.05) is 6.61 Å². The maximum absolute atomic E-state index is 9.40. The minimum absolute atomic E-state index is 0.188. The van der Waals surface area contributed by atoms with Crippen LogP contribution in [0.2, 0.25) is 5.02 Å². The predicted octanol–water partition coefficient (Wildman–Crippen LogP) is 3.00. The minimum Gasteiger partial charge on any atom is -0.396 e. The molecule has 4 heteroatoms. The number of fused-ring (bicyclic) bond motifs is 1. The third-order valence-electron chi connectivity index (χ3n) is 3.67. The second-order valence-electron chi connectivity index (χ2n) is 5.11. The Balaban J connectivity index is 1.85. The lowest BCUT2D eigenvalue weighted by atomic mass is 10.0. The molecule has 0 spiro atoms. The zero-order chi connectivity index (χ0) is 13.2. The standard InChI is InChI=1S/C15H17ClN2O/c16-13-5-1-3-11(7-13)8-14-9-18-6-2-4-12(10-19)15(18)17-14/h1,3,5,7,9,12,19H,2,4,6,8,10H2. The zero-order valence-electron chi connectivity index (χ0n) is 10.7. The third kappa shape index (κ3) is 2.67. The normalized spacial score (nSPS) is 18.3. The highest BCUT2D eigenvalue weighted by molar-refractivity contribution is 6.30. The number of benzene rings is 1. The first-order valence-electron chi connectivity index (χ1n) is 6.67. The van der Waals surface area contributed by atoms with E-state index in [1.165, 1.54) is 5.56 Å². The van der Waals surface area contributed by atoms with Crippen molar-refractivity contribution in [3.05, 3.63) is 52.6 Å². The molecular formula is C15H17ClN2O.